The summed E-state index contributed by atoms with van der Waals surface area (Å²) in [6.45, 7) is 8.36. The molecule has 136 valence electrons. The van der Waals surface area contributed by atoms with Gasteiger partial charge in [-0.1, -0.05) is 31.5 Å². The predicted molar refractivity (Wildman–Crippen MR) is 101 cm³/mol. The monoisotopic (exact) mass is 355 g/mol. The van der Waals surface area contributed by atoms with E-state index in [1.165, 1.54) is 0 Å². The Morgan fingerprint density at radius 3 is 2.62 bits per heavy atom. The van der Waals surface area contributed by atoms with E-state index in [1.807, 2.05) is 32.0 Å². The summed E-state index contributed by atoms with van der Waals surface area (Å²) in [5.41, 5.74) is 0.885. The molecule has 0 fully saturated rings. The highest BCUT2D eigenvalue weighted by molar-refractivity contribution is 6.31. The fourth-order valence-corrected chi connectivity index (χ4v) is 2.32. The smallest absolute Gasteiger partial charge is 0.191 e. The van der Waals surface area contributed by atoms with Gasteiger partial charge in [0.15, 0.2) is 5.96 Å². The zero-order valence-electron chi connectivity index (χ0n) is 15.2. The molecule has 0 spiro atoms. The molecule has 0 heterocycles. The Bertz CT molecular complexity index is 531. The number of aliphatic hydroxyl groups excluding tert-OH is 1. The standard InChI is InChI=1S/C18H30ClN3O2/c1-5-18(3,13-23)12-22-17(20-6-2)21-10-9-14-7-8-15(24-4)11-16(14)19/h7-8,11,23H,5-6,9-10,12-13H2,1-4H3,(H2,20,21,22). The van der Waals surface area contributed by atoms with Gasteiger partial charge >= 0.3 is 0 Å². The molecule has 0 saturated carbocycles. The largest absolute Gasteiger partial charge is 0.497 e. The van der Waals surface area contributed by atoms with Crippen molar-refractivity contribution in [2.24, 2.45) is 10.4 Å². The van der Waals surface area contributed by atoms with Crippen molar-refractivity contribution in [2.75, 3.05) is 33.4 Å². The van der Waals surface area contributed by atoms with Crippen LogP contribution in [0.15, 0.2) is 23.2 Å². The quantitative estimate of drug-likeness (QED) is 0.470. The summed E-state index contributed by atoms with van der Waals surface area (Å²) in [5.74, 6) is 1.52. The first-order valence-corrected chi connectivity index (χ1v) is 8.81. The van der Waals surface area contributed by atoms with Crippen molar-refractivity contribution in [3.05, 3.63) is 28.8 Å². The minimum absolute atomic E-state index is 0.133. The SMILES string of the molecule is CCNC(=NCC(C)(CC)CO)NCCc1ccc(OC)cc1Cl. The van der Waals surface area contributed by atoms with Gasteiger partial charge in [0.1, 0.15) is 5.75 Å². The highest BCUT2D eigenvalue weighted by Gasteiger charge is 2.20. The van der Waals surface area contributed by atoms with Gasteiger partial charge < -0.3 is 20.5 Å². The Kier molecular flexibility index (Phi) is 8.93. The number of halogens is 1. The molecule has 3 N–H and O–H groups in total. The molecular formula is C18H30ClN3O2. The van der Waals surface area contributed by atoms with Crippen LogP contribution in [0.1, 0.15) is 32.8 Å². The lowest BCUT2D eigenvalue weighted by atomic mass is 9.89. The summed E-state index contributed by atoms with van der Waals surface area (Å²) >= 11 is 6.26. The highest BCUT2D eigenvalue weighted by Crippen LogP contribution is 2.22. The molecule has 6 heteroatoms. The number of rotatable bonds is 9. The van der Waals surface area contributed by atoms with Gasteiger partial charge in [0, 0.05) is 23.5 Å². The summed E-state index contributed by atoms with van der Waals surface area (Å²) in [6.07, 6.45) is 1.67. The Balaban J connectivity index is 2.60. The van der Waals surface area contributed by atoms with Crippen molar-refractivity contribution in [3.8, 4) is 5.75 Å². The molecule has 0 aliphatic rings. The average Bonchev–Trinajstić information content (AvgIpc) is 2.60. The van der Waals surface area contributed by atoms with Gasteiger partial charge in [-0.05, 0) is 37.5 Å². The zero-order chi connectivity index (χ0) is 18.0. The average molecular weight is 356 g/mol. The number of aliphatic hydroxyl groups is 1. The van der Waals surface area contributed by atoms with Gasteiger partial charge in [-0.2, -0.15) is 0 Å². The van der Waals surface area contributed by atoms with E-state index in [9.17, 15) is 5.11 Å². The third-order valence-corrected chi connectivity index (χ3v) is 4.50. The number of hydrogen-bond donors (Lipinski definition) is 3. The first kappa shape index (κ1) is 20.6. The van der Waals surface area contributed by atoms with Crippen molar-refractivity contribution in [1.82, 2.24) is 10.6 Å². The van der Waals surface area contributed by atoms with Gasteiger partial charge in [-0.3, -0.25) is 4.99 Å². The molecule has 1 aromatic carbocycles. The number of methoxy groups -OCH3 is 1. The molecule has 0 aromatic heterocycles. The minimum atomic E-state index is -0.179. The maximum atomic E-state index is 9.49. The van der Waals surface area contributed by atoms with Crippen LogP contribution in [0, 0.1) is 5.41 Å². The molecule has 0 bridgehead atoms. The lowest BCUT2D eigenvalue weighted by Crippen LogP contribution is -2.39. The molecule has 1 atom stereocenters. The predicted octanol–water partition coefficient (Wildman–Crippen LogP) is 2.85. The second-order valence-electron chi connectivity index (χ2n) is 6.15. The van der Waals surface area contributed by atoms with Gasteiger partial charge in [0.25, 0.3) is 0 Å². The minimum Gasteiger partial charge on any atom is -0.497 e. The van der Waals surface area contributed by atoms with E-state index in [-0.39, 0.29) is 12.0 Å². The fraction of sp³-hybridized carbons (Fsp3) is 0.611. The topological polar surface area (TPSA) is 65.9 Å². The normalized spacial score (nSPS) is 14.2. The van der Waals surface area contributed by atoms with Gasteiger partial charge in [0.2, 0.25) is 0 Å². The lowest BCUT2D eigenvalue weighted by Gasteiger charge is -2.23. The summed E-state index contributed by atoms with van der Waals surface area (Å²) in [7, 11) is 1.63. The molecule has 24 heavy (non-hydrogen) atoms. The number of aliphatic imine (C=N–C) groups is 1. The van der Waals surface area contributed by atoms with Crippen LogP contribution in [0.25, 0.3) is 0 Å². The van der Waals surface area contributed by atoms with Gasteiger partial charge in [0.05, 0.1) is 20.3 Å². The van der Waals surface area contributed by atoms with Crippen LogP contribution < -0.4 is 15.4 Å². The van der Waals surface area contributed by atoms with Crippen LogP contribution >= 0.6 is 11.6 Å². The molecule has 1 rings (SSSR count). The molecule has 0 radical (unpaired) electrons. The Morgan fingerprint density at radius 2 is 2.08 bits per heavy atom. The van der Waals surface area contributed by atoms with E-state index in [0.29, 0.717) is 11.6 Å². The first-order chi connectivity index (χ1) is 11.5. The van der Waals surface area contributed by atoms with Gasteiger partial charge in [-0.15, -0.1) is 0 Å². The molecule has 1 unspecified atom stereocenters. The van der Waals surface area contributed by atoms with Crippen molar-refractivity contribution < 1.29 is 9.84 Å². The molecule has 0 saturated heterocycles. The highest BCUT2D eigenvalue weighted by atomic mass is 35.5. The van der Waals surface area contributed by atoms with Crippen molar-refractivity contribution in [1.29, 1.82) is 0 Å². The Labute approximate surface area is 150 Å². The van der Waals surface area contributed by atoms with E-state index < -0.39 is 0 Å². The van der Waals surface area contributed by atoms with E-state index in [0.717, 1.165) is 43.2 Å². The van der Waals surface area contributed by atoms with Crippen LogP contribution in [-0.2, 0) is 6.42 Å². The van der Waals surface area contributed by atoms with E-state index in [4.69, 9.17) is 16.3 Å². The number of hydrogen-bond acceptors (Lipinski definition) is 3. The molecule has 0 amide bonds. The molecular weight excluding hydrogens is 326 g/mol. The third kappa shape index (κ3) is 6.57. The number of ether oxygens (including phenoxy) is 1. The summed E-state index contributed by atoms with van der Waals surface area (Å²) in [4.78, 5) is 4.59. The second kappa shape index (κ2) is 10.4. The first-order valence-electron chi connectivity index (χ1n) is 8.43. The maximum absolute atomic E-state index is 9.49. The number of nitrogens with one attached hydrogen (secondary N) is 2. The van der Waals surface area contributed by atoms with E-state index in [1.54, 1.807) is 7.11 Å². The summed E-state index contributed by atoms with van der Waals surface area (Å²) < 4.78 is 5.16. The Hall–Kier alpha value is -1.46. The fourth-order valence-electron chi connectivity index (χ4n) is 2.06. The van der Waals surface area contributed by atoms with Crippen LogP contribution in [0.4, 0.5) is 0 Å². The van der Waals surface area contributed by atoms with Crippen molar-refractivity contribution in [2.45, 2.75) is 33.6 Å². The van der Waals surface area contributed by atoms with Gasteiger partial charge in [-0.25, -0.2) is 0 Å². The van der Waals surface area contributed by atoms with Crippen LogP contribution in [0.5, 0.6) is 5.75 Å². The van der Waals surface area contributed by atoms with Crippen molar-refractivity contribution in [3.63, 3.8) is 0 Å². The van der Waals surface area contributed by atoms with E-state index in [2.05, 4.69) is 22.5 Å². The number of nitrogens with zero attached hydrogens (tertiary/aromatic N) is 1. The van der Waals surface area contributed by atoms with Crippen LogP contribution in [0.3, 0.4) is 0 Å². The Morgan fingerprint density at radius 1 is 1.33 bits per heavy atom. The molecule has 1 aromatic rings. The van der Waals surface area contributed by atoms with Crippen LogP contribution in [0.2, 0.25) is 5.02 Å². The van der Waals surface area contributed by atoms with Crippen molar-refractivity contribution >= 4 is 17.6 Å². The van der Waals surface area contributed by atoms with E-state index >= 15 is 0 Å². The molecule has 5 nitrogen and oxygen atoms in total. The zero-order valence-corrected chi connectivity index (χ0v) is 15.9. The number of guanidine groups is 1. The lowest BCUT2D eigenvalue weighted by molar-refractivity contribution is 0.145. The second-order valence-corrected chi connectivity index (χ2v) is 6.56. The summed E-state index contributed by atoms with van der Waals surface area (Å²) in [6, 6.07) is 5.71. The molecule has 0 aliphatic heterocycles. The van der Waals surface area contributed by atoms with Crippen LogP contribution in [-0.4, -0.2) is 44.4 Å². The number of benzene rings is 1. The summed E-state index contributed by atoms with van der Waals surface area (Å²) in [5, 5.41) is 16.7. The maximum Gasteiger partial charge on any atom is 0.191 e. The molecule has 0 aliphatic carbocycles. The third-order valence-electron chi connectivity index (χ3n) is 4.15.